The third-order valence-corrected chi connectivity index (χ3v) is 7.79. The number of carbonyl (C=O) groups excluding carboxylic acids is 2. The van der Waals surface area contributed by atoms with E-state index in [9.17, 15) is 32.4 Å². The number of ether oxygens (including phenoxy) is 1. The van der Waals surface area contributed by atoms with Gasteiger partial charge in [0.2, 0.25) is 5.91 Å². The minimum absolute atomic E-state index is 0.0771. The Balaban J connectivity index is 1.24. The normalized spacial score (nSPS) is 15.6. The van der Waals surface area contributed by atoms with Crippen molar-refractivity contribution in [3.05, 3.63) is 90.0 Å². The maximum absolute atomic E-state index is 13.9. The lowest BCUT2D eigenvalue weighted by Crippen LogP contribution is -2.49. The number of hydrogen-bond acceptors (Lipinski definition) is 7. The van der Waals surface area contributed by atoms with Crippen LogP contribution < -0.4 is 20.3 Å². The van der Waals surface area contributed by atoms with Crippen molar-refractivity contribution in [1.82, 2.24) is 25.4 Å². The summed E-state index contributed by atoms with van der Waals surface area (Å²) in [6.45, 7) is 3.76. The molecule has 2 N–H and O–H groups in total. The Kier molecular flexibility index (Phi) is 8.96. The summed E-state index contributed by atoms with van der Waals surface area (Å²) in [5.41, 5.74) is 1.89. The number of alkyl halides is 3. The first-order valence-electron chi connectivity index (χ1n) is 13.5. The summed E-state index contributed by atoms with van der Waals surface area (Å²) in [5.74, 6) is -0.672. The zero-order valence-electron chi connectivity index (χ0n) is 23.7. The van der Waals surface area contributed by atoms with E-state index in [0.29, 0.717) is 33.9 Å². The molecule has 1 aliphatic heterocycles. The summed E-state index contributed by atoms with van der Waals surface area (Å²) >= 11 is 1.20. The van der Waals surface area contributed by atoms with Crippen molar-refractivity contribution >= 4 is 29.4 Å². The Morgan fingerprint density at radius 1 is 1.11 bits per heavy atom. The lowest BCUT2D eigenvalue weighted by atomic mass is 10.00. The minimum Gasteiger partial charge on any atom is -0.406 e. The summed E-state index contributed by atoms with van der Waals surface area (Å²) < 4.78 is 56.4. The fourth-order valence-corrected chi connectivity index (χ4v) is 5.63. The maximum atomic E-state index is 13.9. The molecule has 1 saturated heterocycles. The highest BCUT2D eigenvalue weighted by Gasteiger charge is 2.36. The molecule has 0 bridgehead atoms. The van der Waals surface area contributed by atoms with Gasteiger partial charge in [0, 0.05) is 5.56 Å². The Labute approximate surface area is 259 Å². The molecular weight excluding hydrogens is 614 g/mol. The van der Waals surface area contributed by atoms with E-state index in [1.165, 1.54) is 58.0 Å². The number of benzene rings is 3. The highest BCUT2D eigenvalue weighted by Crippen LogP contribution is 2.35. The number of nitrogens with one attached hydrogen (secondary N) is 2. The summed E-state index contributed by atoms with van der Waals surface area (Å²) in [4.78, 5) is 31.4. The van der Waals surface area contributed by atoms with Crippen molar-refractivity contribution in [1.29, 1.82) is 5.26 Å². The van der Waals surface area contributed by atoms with E-state index in [-0.39, 0.29) is 23.3 Å². The van der Waals surface area contributed by atoms with Gasteiger partial charge in [-0.1, -0.05) is 38.1 Å². The standard InChI is InChI=1S/C30H25F4N7O3S/c1-17(2)23-13-20(31)7-12-25(23)41-26(42)15-45-29(41)38-28(43)37-24(14-35)18-3-5-19(6-4-18)27-36-16-40(39-27)21-8-10-22(11-9-21)44-30(32,33)34/h3-13,16-17,24,29H,15H2,1-2H3,(H2,37,38,43). The van der Waals surface area contributed by atoms with Gasteiger partial charge in [0.15, 0.2) is 11.3 Å². The lowest BCUT2D eigenvalue weighted by Gasteiger charge is -2.28. The molecule has 3 amide bonds. The fraction of sp³-hybridized carbons (Fsp3) is 0.233. The van der Waals surface area contributed by atoms with Crippen molar-refractivity contribution in [2.75, 3.05) is 10.7 Å². The van der Waals surface area contributed by atoms with E-state index in [2.05, 4.69) is 25.5 Å². The van der Waals surface area contributed by atoms with Gasteiger partial charge in [-0.15, -0.1) is 30.0 Å². The van der Waals surface area contributed by atoms with E-state index in [1.807, 2.05) is 19.9 Å². The monoisotopic (exact) mass is 639 g/mol. The van der Waals surface area contributed by atoms with Crippen LogP contribution in [0.15, 0.2) is 73.1 Å². The topological polar surface area (TPSA) is 125 Å². The first kappa shape index (κ1) is 31.3. The summed E-state index contributed by atoms with van der Waals surface area (Å²) in [5, 5.41) is 19.5. The Morgan fingerprint density at radius 2 is 1.82 bits per heavy atom. The molecule has 3 aromatic carbocycles. The second-order valence-electron chi connectivity index (χ2n) is 10.1. The molecule has 2 atom stereocenters. The van der Waals surface area contributed by atoms with E-state index in [1.54, 1.807) is 24.3 Å². The molecule has 1 fully saturated rings. The first-order valence-corrected chi connectivity index (χ1v) is 14.5. The van der Waals surface area contributed by atoms with Crippen LogP contribution in [0.4, 0.5) is 28.0 Å². The highest BCUT2D eigenvalue weighted by molar-refractivity contribution is 8.01. The van der Waals surface area contributed by atoms with Crippen molar-refractivity contribution in [2.45, 2.75) is 37.7 Å². The van der Waals surface area contributed by atoms with Crippen LogP contribution in [0.1, 0.15) is 36.9 Å². The molecule has 0 radical (unpaired) electrons. The smallest absolute Gasteiger partial charge is 0.406 e. The van der Waals surface area contributed by atoms with E-state index >= 15 is 0 Å². The van der Waals surface area contributed by atoms with Gasteiger partial charge in [0.05, 0.1) is 23.2 Å². The molecule has 2 unspecified atom stereocenters. The zero-order chi connectivity index (χ0) is 32.3. The van der Waals surface area contributed by atoms with Crippen LogP contribution in [0.5, 0.6) is 5.75 Å². The van der Waals surface area contributed by atoms with E-state index < -0.39 is 29.8 Å². The predicted molar refractivity (Wildman–Crippen MR) is 158 cm³/mol. The third-order valence-electron chi connectivity index (χ3n) is 6.73. The van der Waals surface area contributed by atoms with Crippen LogP contribution in [0.25, 0.3) is 17.1 Å². The predicted octanol–water partition coefficient (Wildman–Crippen LogP) is 6.02. The van der Waals surface area contributed by atoms with Crippen molar-refractivity contribution < 1.29 is 31.9 Å². The lowest BCUT2D eigenvalue weighted by molar-refractivity contribution is -0.274. The SMILES string of the molecule is CC(C)c1cc(F)ccc1N1C(=O)CSC1NC(=O)NC(C#N)c1ccc(-c2ncn(-c3ccc(OC(F)(F)F)cc3)n2)cc1. The number of amides is 3. The molecule has 4 aromatic rings. The van der Waals surface area contributed by atoms with Gasteiger partial charge >= 0.3 is 12.4 Å². The van der Waals surface area contributed by atoms with Crippen LogP contribution in [0, 0.1) is 17.1 Å². The second-order valence-corrected chi connectivity index (χ2v) is 11.2. The second kappa shape index (κ2) is 12.9. The Morgan fingerprint density at radius 3 is 2.47 bits per heavy atom. The summed E-state index contributed by atoms with van der Waals surface area (Å²) in [7, 11) is 0. The van der Waals surface area contributed by atoms with E-state index in [0.717, 1.165) is 12.1 Å². The number of hydrogen-bond donors (Lipinski definition) is 2. The third kappa shape index (κ3) is 7.35. The van der Waals surface area contributed by atoms with Crippen molar-refractivity contribution in [2.24, 2.45) is 0 Å². The number of aromatic nitrogens is 3. The summed E-state index contributed by atoms with van der Waals surface area (Å²) in [6, 6.07) is 16.2. The van der Waals surface area contributed by atoms with Crippen LogP contribution in [0.2, 0.25) is 0 Å². The first-order chi connectivity index (χ1) is 21.4. The summed E-state index contributed by atoms with van der Waals surface area (Å²) in [6.07, 6.45) is -3.39. The van der Waals surface area contributed by atoms with Gasteiger partial charge < -0.3 is 15.4 Å². The zero-order valence-corrected chi connectivity index (χ0v) is 24.6. The van der Waals surface area contributed by atoms with Gasteiger partial charge in [-0.05, 0) is 59.5 Å². The number of carbonyl (C=O) groups is 2. The van der Waals surface area contributed by atoms with Gasteiger partial charge in [-0.2, -0.15) is 5.26 Å². The molecule has 0 saturated carbocycles. The number of thioether (sulfide) groups is 1. The van der Waals surface area contributed by atoms with Crippen LogP contribution >= 0.6 is 11.8 Å². The largest absolute Gasteiger partial charge is 0.573 e. The molecule has 2 heterocycles. The van der Waals surface area contributed by atoms with Gasteiger partial charge in [-0.3, -0.25) is 9.69 Å². The molecule has 45 heavy (non-hydrogen) atoms. The molecule has 10 nitrogen and oxygen atoms in total. The maximum Gasteiger partial charge on any atom is 0.573 e. The average Bonchev–Trinajstić information content (AvgIpc) is 3.63. The highest BCUT2D eigenvalue weighted by atomic mass is 32.2. The van der Waals surface area contributed by atoms with Gasteiger partial charge in [0.1, 0.15) is 23.9 Å². The van der Waals surface area contributed by atoms with Crippen molar-refractivity contribution in [3.63, 3.8) is 0 Å². The number of nitrogens with zero attached hydrogens (tertiary/aromatic N) is 5. The quantitative estimate of drug-likeness (QED) is 0.226. The molecule has 5 rings (SSSR count). The van der Waals surface area contributed by atoms with Crippen molar-refractivity contribution in [3.8, 4) is 28.9 Å². The van der Waals surface area contributed by atoms with Gasteiger partial charge in [0.25, 0.3) is 0 Å². The van der Waals surface area contributed by atoms with Gasteiger partial charge in [-0.25, -0.2) is 18.9 Å². The van der Waals surface area contributed by atoms with Crippen LogP contribution in [0.3, 0.4) is 0 Å². The Hall–Kier alpha value is -5.10. The average molecular weight is 640 g/mol. The number of anilines is 1. The van der Waals surface area contributed by atoms with Crippen LogP contribution in [-0.4, -0.2) is 44.3 Å². The fourth-order valence-electron chi connectivity index (χ4n) is 4.62. The molecule has 0 spiro atoms. The number of halogens is 4. The van der Waals surface area contributed by atoms with Crippen LogP contribution in [-0.2, 0) is 4.79 Å². The number of rotatable bonds is 8. The van der Waals surface area contributed by atoms with E-state index in [4.69, 9.17) is 0 Å². The number of nitriles is 1. The minimum atomic E-state index is -4.79. The number of urea groups is 1. The molecule has 1 aromatic heterocycles. The molecule has 232 valence electrons. The Bertz CT molecular complexity index is 1740. The molecule has 0 aliphatic carbocycles. The molecule has 15 heteroatoms. The molecular formula is C30H25F4N7O3S. The molecule has 1 aliphatic rings.